The van der Waals surface area contributed by atoms with Crippen LogP contribution in [0.1, 0.15) is 111 Å². The van der Waals surface area contributed by atoms with Gasteiger partial charge < -0.3 is 0 Å². The van der Waals surface area contributed by atoms with Crippen molar-refractivity contribution in [2.45, 2.75) is 105 Å². The molecule has 0 aliphatic carbocycles. The van der Waals surface area contributed by atoms with Gasteiger partial charge in [-0.1, -0.05) is 0 Å². The van der Waals surface area contributed by atoms with Gasteiger partial charge in [-0.05, 0) is 0 Å². The monoisotopic (exact) mass is 538 g/mol. The fraction of sp³-hybridized carbons (Fsp3) is 0.485. The van der Waals surface area contributed by atoms with Crippen molar-refractivity contribution in [1.29, 1.82) is 0 Å². The fourth-order valence-corrected chi connectivity index (χ4v) is 6.23. The molecule has 0 saturated carbocycles. The van der Waals surface area contributed by atoms with E-state index in [4.69, 9.17) is 11.1 Å². The van der Waals surface area contributed by atoms with Crippen molar-refractivity contribution in [3.05, 3.63) is 82.8 Å². The Labute approximate surface area is 231 Å². The minimum atomic E-state index is -2.76. The van der Waals surface area contributed by atoms with E-state index in [0.29, 0.717) is 0 Å². The van der Waals surface area contributed by atoms with E-state index in [-0.39, 0.29) is 21.7 Å². The van der Waals surface area contributed by atoms with Gasteiger partial charge >= 0.3 is 233 Å². The van der Waals surface area contributed by atoms with E-state index in [9.17, 15) is 0 Å². The molecule has 37 heavy (non-hydrogen) atoms. The number of hydrogen-bond acceptors (Lipinski definition) is 3. The molecular weight excluding hydrogens is 492 g/mol. The molecule has 0 fully saturated rings. The summed E-state index contributed by atoms with van der Waals surface area (Å²) in [5.41, 5.74) is 4.96. The number of furan rings is 1. The maximum atomic E-state index is 6.81. The van der Waals surface area contributed by atoms with Crippen LogP contribution in [0, 0.1) is 0 Å². The second-order valence-electron chi connectivity index (χ2n) is 14.1. The average Bonchev–Trinajstić information content (AvgIpc) is 3.24. The number of benzene rings is 2. The molecule has 200 valence electrons. The Morgan fingerprint density at radius 1 is 0.595 bits per heavy atom. The Hall–Kier alpha value is -2.10. The van der Waals surface area contributed by atoms with Crippen molar-refractivity contribution in [3.63, 3.8) is 0 Å². The van der Waals surface area contributed by atoms with Crippen LogP contribution in [0.5, 0.6) is 11.5 Å². The Balaban J connectivity index is 2.11. The topological polar surface area (TPSA) is 31.6 Å². The van der Waals surface area contributed by atoms with Gasteiger partial charge in [0.2, 0.25) is 0 Å². The SMILES string of the molecule is CC(C)(C)c1ccc([O][Ti](=[CH]c2ccco2)[O]c2ccc(C(C)(C)C)cc2C(C)(C)C)c(C(C)(C)C)c1. The van der Waals surface area contributed by atoms with Gasteiger partial charge in [-0.15, -0.1) is 0 Å². The molecule has 0 spiro atoms. The van der Waals surface area contributed by atoms with Crippen molar-refractivity contribution < 1.29 is 29.2 Å². The summed E-state index contributed by atoms with van der Waals surface area (Å²) in [5, 5.41) is 0. The van der Waals surface area contributed by atoms with Crippen molar-refractivity contribution >= 4 is 4.31 Å². The zero-order chi connectivity index (χ0) is 27.8. The van der Waals surface area contributed by atoms with Crippen LogP contribution in [0.25, 0.3) is 0 Å². The van der Waals surface area contributed by atoms with Crippen molar-refractivity contribution in [2.75, 3.05) is 0 Å². The van der Waals surface area contributed by atoms with E-state index >= 15 is 0 Å². The Morgan fingerprint density at radius 3 is 1.35 bits per heavy atom. The summed E-state index contributed by atoms with van der Waals surface area (Å²) in [6, 6.07) is 17.1. The second-order valence-corrected chi connectivity index (χ2v) is 16.2. The molecule has 1 heterocycles. The summed E-state index contributed by atoms with van der Waals surface area (Å²) >= 11 is -2.76. The first-order chi connectivity index (χ1) is 16.9. The van der Waals surface area contributed by atoms with Gasteiger partial charge in [-0.3, -0.25) is 0 Å². The van der Waals surface area contributed by atoms with Gasteiger partial charge in [-0.25, -0.2) is 0 Å². The molecule has 3 nitrogen and oxygen atoms in total. The molecule has 2 aromatic carbocycles. The van der Waals surface area contributed by atoms with E-state index in [1.54, 1.807) is 6.26 Å². The van der Waals surface area contributed by atoms with Crippen LogP contribution in [-0.4, -0.2) is 4.31 Å². The molecule has 1 aromatic heterocycles. The number of hydrogen-bond donors (Lipinski definition) is 0. The minimum absolute atomic E-state index is 0.0604. The first-order valence-corrected chi connectivity index (χ1v) is 15.4. The van der Waals surface area contributed by atoms with E-state index < -0.39 is 18.2 Å². The maximum absolute atomic E-state index is 6.81. The third-order valence-electron chi connectivity index (χ3n) is 6.53. The average molecular weight is 539 g/mol. The summed E-state index contributed by atoms with van der Waals surface area (Å²) in [6.07, 6.45) is 1.69. The van der Waals surface area contributed by atoms with Gasteiger partial charge in [0, 0.05) is 0 Å². The quantitative estimate of drug-likeness (QED) is 0.304. The summed E-state index contributed by atoms with van der Waals surface area (Å²) in [4.78, 5) is 0. The van der Waals surface area contributed by atoms with Crippen LogP contribution < -0.4 is 6.64 Å². The third-order valence-corrected chi connectivity index (χ3v) is 8.66. The van der Waals surface area contributed by atoms with E-state index in [0.717, 1.165) is 17.3 Å². The molecule has 0 amide bonds. The van der Waals surface area contributed by atoms with Crippen LogP contribution >= 0.6 is 0 Å². The summed E-state index contributed by atoms with van der Waals surface area (Å²) in [5.74, 6) is 2.56. The zero-order valence-electron chi connectivity index (χ0n) is 25.0. The van der Waals surface area contributed by atoms with Crippen molar-refractivity contribution in [1.82, 2.24) is 0 Å². The molecule has 3 rings (SSSR count). The first kappa shape index (κ1) is 29.5. The van der Waals surface area contributed by atoms with Gasteiger partial charge in [0.05, 0.1) is 0 Å². The Morgan fingerprint density at radius 2 is 1.03 bits per heavy atom. The molecule has 0 aliphatic heterocycles. The van der Waals surface area contributed by atoms with Crippen LogP contribution in [-0.2, 0) is 39.8 Å². The molecule has 0 atom stereocenters. The fourth-order valence-electron chi connectivity index (χ4n) is 4.13. The number of rotatable bonds is 5. The van der Waals surface area contributed by atoms with Gasteiger partial charge in [0.25, 0.3) is 0 Å². The van der Waals surface area contributed by atoms with Crippen LogP contribution in [0.2, 0.25) is 0 Å². The standard InChI is InChI=1S/2C14H22O.C5H4O.Ti/c2*1-13(2,3)10-7-8-12(15)11(9-10)14(4,5)6;1-5-3-2-4-6-5;/h2*7-9,15H,1-6H3;1-4H;/q;;;+2/p-2. The predicted octanol–water partition coefficient (Wildman–Crippen LogP) is 9.23. The van der Waals surface area contributed by atoms with E-state index in [1.165, 1.54) is 22.3 Å². The van der Waals surface area contributed by atoms with Crippen LogP contribution in [0.3, 0.4) is 0 Å². The second kappa shape index (κ2) is 10.6. The summed E-state index contributed by atoms with van der Waals surface area (Å²) in [6.45, 7) is 26.9. The molecule has 3 aromatic rings. The van der Waals surface area contributed by atoms with Crippen LogP contribution in [0.15, 0.2) is 59.2 Å². The molecule has 0 N–H and O–H groups in total. The summed E-state index contributed by atoms with van der Waals surface area (Å²) < 4.78 is 21.4. The summed E-state index contributed by atoms with van der Waals surface area (Å²) in [7, 11) is 0. The molecule has 0 saturated heterocycles. The Kier molecular flexibility index (Phi) is 8.42. The van der Waals surface area contributed by atoms with Crippen molar-refractivity contribution in [2.24, 2.45) is 0 Å². The molecule has 0 aliphatic rings. The van der Waals surface area contributed by atoms with Crippen LogP contribution in [0.4, 0.5) is 0 Å². The molecule has 0 unspecified atom stereocenters. The molecule has 0 radical (unpaired) electrons. The third kappa shape index (κ3) is 7.71. The molecular formula is C33H46O3Ti. The normalized spacial score (nSPS) is 12.9. The van der Waals surface area contributed by atoms with E-state index in [2.05, 4.69) is 124 Å². The first-order valence-electron chi connectivity index (χ1n) is 13.3. The van der Waals surface area contributed by atoms with Gasteiger partial charge in [0.1, 0.15) is 0 Å². The molecule has 0 bridgehead atoms. The van der Waals surface area contributed by atoms with Gasteiger partial charge in [-0.2, -0.15) is 0 Å². The van der Waals surface area contributed by atoms with Crippen molar-refractivity contribution in [3.8, 4) is 11.5 Å². The Bertz CT molecular complexity index is 1160. The van der Waals surface area contributed by atoms with Gasteiger partial charge in [0.15, 0.2) is 0 Å². The predicted molar refractivity (Wildman–Crippen MR) is 153 cm³/mol. The zero-order valence-corrected chi connectivity index (χ0v) is 26.6. The molecule has 4 heteroatoms. The van der Waals surface area contributed by atoms with E-state index in [1.807, 2.05) is 12.1 Å².